The van der Waals surface area contributed by atoms with Gasteiger partial charge < -0.3 is 9.84 Å². The van der Waals surface area contributed by atoms with Crippen LogP contribution in [-0.4, -0.2) is 23.2 Å². The molecule has 2 unspecified atom stereocenters. The molecule has 0 aromatic heterocycles. The van der Waals surface area contributed by atoms with Gasteiger partial charge in [-0.2, -0.15) is 0 Å². The fourth-order valence-corrected chi connectivity index (χ4v) is 3.11. The SMILES string of the molecule is Cc1ccc(O)c2c1C(C)CC2NCC(=O)OC(C)(C)C. The van der Waals surface area contributed by atoms with Crippen LogP contribution in [0.3, 0.4) is 0 Å². The van der Waals surface area contributed by atoms with Gasteiger partial charge in [0.2, 0.25) is 0 Å². The van der Waals surface area contributed by atoms with Crippen LogP contribution in [0.15, 0.2) is 12.1 Å². The number of aromatic hydroxyl groups is 1. The van der Waals surface area contributed by atoms with Gasteiger partial charge in [0.15, 0.2) is 0 Å². The van der Waals surface area contributed by atoms with Crippen LogP contribution in [0, 0.1) is 6.92 Å². The molecule has 0 amide bonds. The number of ether oxygens (including phenoxy) is 1. The molecule has 0 heterocycles. The van der Waals surface area contributed by atoms with E-state index in [1.54, 1.807) is 6.07 Å². The van der Waals surface area contributed by atoms with Crippen LogP contribution >= 0.6 is 0 Å². The second kappa shape index (κ2) is 5.68. The first-order valence-corrected chi connectivity index (χ1v) is 7.46. The van der Waals surface area contributed by atoms with Crippen molar-refractivity contribution in [3.8, 4) is 5.75 Å². The zero-order valence-corrected chi connectivity index (χ0v) is 13.5. The van der Waals surface area contributed by atoms with Gasteiger partial charge in [-0.05, 0) is 57.2 Å². The Bertz CT molecular complexity index is 546. The monoisotopic (exact) mass is 291 g/mol. The zero-order chi connectivity index (χ0) is 15.8. The fourth-order valence-electron chi connectivity index (χ4n) is 3.11. The number of carbonyl (C=O) groups is 1. The molecule has 0 spiro atoms. The van der Waals surface area contributed by atoms with Crippen LogP contribution in [0.2, 0.25) is 0 Å². The summed E-state index contributed by atoms with van der Waals surface area (Å²) in [5.41, 5.74) is 2.86. The number of fused-ring (bicyclic) bond motifs is 1. The van der Waals surface area contributed by atoms with E-state index < -0.39 is 5.60 Å². The topological polar surface area (TPSA) is 58.6 Å². The molecule has 1 aromatic carbocycles. The van der Waals surface area contributed by atoms with E-state index in [1.165, 1.54) is 11.1 Å². The molecule has 1 aromatic rings. The normalized spacial score (nSPS) is 21.2. The van der Waals surface area contributed by atoms with Crippen molar-refractivity contribution in [3.05, 3.63) is 28.8 Å². The predicted molar refractivity (Wildman–Crippen MR) is 82.5 cm³/mol. The largest absolute Gasteiger partial charge is 0.508 e. The van der Waals surface area contributed by atoms with Crippen LogP contribution in [0.25, 0.3) is 0 Å². The molecule has 116 valence electrons. The highest BCUT2D eigenvalue weighted by Gasteiger charge is 2.32. The smallest absolute Gasteiger partial charge is 0.320 e. The van der Waals surface area contributed by atoms with Gasteiger partial charge in [-0.15, -0.1) is 0 Å². The minimum Gasteiger partial charge on any atom is -0.508 e. The molecule has 2 rings (SSSR count). The lowest BCUT2D eigenvalue weighted by Gasteiger charge is -2.21. The van der Waals surface area contributed by atoms with E-state index in [2.05, 4.69) is 19.2 Å². The van der Waals surface area contributed by atoms with Gasteiger partial charge >= 0.3 is 5.97 Å². The van der Waals surface area contributed by atoms with E-state index in [9.17, 15) is 9.90 Å². The molecule has 0 aliphatic heterocycles. The van der Waals surface area contributed by atoms with Gasteiger partial charge in [-0.3, -0.25) is 10.1 Å². The maximum Gasteiger partial charge on any atom is 0.320 e. The van der Waals surface area contributed by atoms with E-state index in [4.69, 9.17) is 4.74 Å². The molecule has 4 heteroatoms. The molecule has 4 nitrogen and oxygen atoms in total. The average Bonchev–Trinajstić information content (AvgIpc) is 2.68. The molecule has 0 bridgehead atoms. The summed E-state index contributed by atoms with van der Waals surface area (Å²) in [5, 5.41) is 13.4. The third kappa shape index (κ3) is 3.56. The number of rotatable bonds is 3. The number of benzene rings is 1. The number of aryl methyl sites for hydroxylation is 1. The van der Waals surface area contributed by atoms with Crippen molar-refractivity contribution in [3.63, 3.8) is 0 Å². The molecule has 0 radical (unpaired) electrons. The van der Waals surface area contributed by atoms with Gasteiger partial charge in [0.1, 0.15) is 11.4 Å². The van der Waals surface area contributed by atoms with E-state index in [-0.39, 0.29) is 18.6 Å². The summed E-state index contributed by atoms with van der Waals surface area (Å²) in [5.74, 6) is 0.417. The molecule has 0 saturated heterocycles. The van der Waals surface area contributed by atoms with Crippen molar-refractivity contribution in [1.29, 1.82) is 0 Å². The summed E-state index contributed by atoms with van der Waals surface area (Å²) >= 11 is 0. The number of carbonyl (C=O) groups excluding carboxylic acids is 1. The van der Waals surface area contributed by atoms with E-state index >= 15 is 0 Å². The summed E-state index contributed by atoms with van der Waals surface area (Å²) in [4.78, 5) is 11.8. The Morgan fingerprint density at radius 2 is 2.05 bits per heavy atom. The third-order valence-corrected chi connectivity index (χ3v) is 3.83. The fraction of sp³-hybridized carbons (Fsp3) is 0.588. The second-order valence-electron chi connectivity index (χ2n) is 6.89. The predicted octanol–water partition coefficient (Wildman–Crippen LogP) is 3.18. The molecule has 0 saturated carbocycles. The molecule has 1 aliphatic rings. The molecular weight excluding hydrogens is 266 g/mol. The van der Waals surface area contributed by atoms with Crippen LogP contribution in [0.5, 0.6) is 5.75 Å². The van der Waals surface area contributed by atoms with Crippen molar-refractivity contribution in [2.24, 2.45) is 0 Å². The lowest BCUT2D eigenvalue weighted by molar-refractivity contribution is -0.153. The number of nitrogens with one attached hydrogen (secondary N) is 1. The number of esters is 1. The first-order chi connectivity index (χ1) is 9.69. The maximum absolute atomic E-state index is 11.8. The third-order valence-electron chi connectivity index (χ3n) is 3.83. The Morgan fingerprint density at radius 3 is 2.67 bits per heavy atom. The zero-order valence-electron chi connectivity index (χ0n) is 13.5. The Labute approximate surface area is 126 Å². The molecule has 21 heavy (non-hydrogen) atoms. The van der Waals surface area contributed by atoms with Crippen LogP contribution < -0.4 is 5.32 Å². The Hall–Kier alpha value is -1.55. The van der Waals surface area contributed by atoms with Gasteiger partial charge in [0.25, 0.3) is 0 Å². The van der Waals surface area contributed by atoms with Crippen LogP contribution in [-0.2, 0) is 9.53 Å². The number of phenols is 1. The van der Waals surface area contributed by atoms with Gasteiger partial charge in [0.05, 0.1) is 6.54 Å². The standard InChI is InChI=1S/C17H25NO3/c1-10-6-7-13(19)16-12(8-11(2)15(10)16)18-9-14(20)21-17(3,4)5/h6-7,11-12,18-19H,8-9H2,1-5H3. The van der Waals surface area contributed by atoms with Crippen molar-refractivity contribution in [2.45, 2.75) is 58.6 Å². The number of phenolic OH excluding ortho intramolecular Hbond substituents is 1. The molecule has 2 atom stereocenters. The summed E-state index contributed by atoms with van der Waals surface area (Å²) in [6.45, 7) is 9.93. The van der Waals surface area contributed by atoms with E-state index in [1.807, 2.05) is 26.8 Å². The Balaban J connectivity index is 2.09. The highest BCUT2D eigenvalue weighted by molar-refractivity contribution is 5.72. The minimum absolute atomic E-state index is 0.00224. The van der Waals surface area contributed by atoms with E-state index in [0.29, 0.717) is 11.7 Å². The number of hydrogen-bond acceptors (Lipinski definition) is 4. The quantitative estimate of drug-likeness (QED) is 0.840. The molecule has 0 fully saturated rings. The van der Waals surface area contributed by atoms with E-state index in [0.717, 1.165) is 12.0 Å². The Kier molecular flexibility index (Phi) is 4.28. The first kappa shape index (κ1) is 15.8. The van der Waals surface area contributed by atoms with Crippen molar-refractivity contribution in [1.82, 2.24) is 5.32 Å². The highest BCUT2D eigenvalue weighted by Crippen LogP contribution is 2.45. The van der Waals surface area contributed by atoms with Crippen LogP contribution in [0.1, 0.15) is 62.8 Å². The summed E-state index contributed by atoms with van der Waals surface area (Å²) in [6, 6.07) is 3.68. The first-order valence-electron chi connectivity index (χ1n) is 7.46. The van der Waals surface area contributed by atoms with Gasteiger partial charge in [0, 0.05) is 11.6 Å². The van der Waals surface area contributed by atoms with Crippen molar-refractivity contribution >= 4 is 5.97 Å². The summed E-state index contributed by atoms with van der Waals surface area (Å²) in [6.07, 6.45) is 0.885. The highest BCUT2D eigenvalue weighted by atomic mass is 16.6. The molecular formula is C17H25NO3. The number of hydrogen-bond donors (Lipinski definition) is 2. The summed E-state index contributed by atoms with van der Waals surface area (Å²) in [7, 11) is 0. The maximum atomic E-state index is 11.8. The van der Waals surface area contributed by atoms with Crippen molar-refractivity contribution < 1.29 is 14.6 Å². The van der Waals surface area contributed by atoms with Gasteiger partial charge in [-0.25, -0.2) is 0 Å². The average molecular weight is 291 g/mol. The van der Waals surface area contributed by atoms with Gasteiger partial charge in [-0.1, -0.05) is 13.0 Å². The molecule has 1 aliphatic carbocycles. The molecule has 2 N–H and O–H groups in total. The van der Waals surface area contributed by atoms with Crippen LogP contribution in [0.4, 0.5) is 0 Å². The van der Waals surface area contributed by atoms with Crippen molar-refractivity contribution in [2.75, 3.05) is 6.54 Å². The summed E-state index contributed by atoms with van der Waals surface area (Å²) < 4.78 is 5.30. The minimum atomic E-state index is -0.474. The lowest BCUT2D eigenvalue weighted by atomic mass is 9.97. The lowest BCUT2D eigenvalue weighted by Crippen LogP contribution is -2.33. The second-order valence-corrected chi connectivity index (χ2v) is 6.89. The Morgan fingerprint density at radius 1 is 1.38 bits per heavy atom.